The molecule has 1 N–H and O–H groups in total. The second-order valence-electron chi connectivity index (χ2n) is 3.60. The number of hydrogen-bond acceptors (Lipinski definition) is 2. The largest absolute Gasteiger partial charge is 0.310 e. The van der Waals surface area contributed by atoms with Crippen molar-refractivity contribution >= 4 is 10.9 Å². The zero-order valence-corrected chi connectivity index (χ0v) is 8.51. The van der Waals surface area contributed by atoms with Crippen LogP contribution in [0, 0.1) is 20.8 Å². The number of fused-ring (bicyclic) bond motifs is 1. The van der Waals surface area contributed by atoms with Crippen LogP contribution in [-0.4, -0.2) is 9.97 Å². The highest BCUT2D eigenvalue weighted by Crippen LogP contribution is 2.13. The first-order chi connectivity index (χ1) is 6.58. The molecule has 0 saturated carbocycles. The molecular weight excluding hydrogens is 176 g/mol. The van der Waals surface area contributed by atoms with Crippen LogP contribution in [0.3, 0.4) is 0 Å². The van der Waals surface area contributed by atoms with Crippen molar-refractivity contribution in [2.75, 3.05) is 0 Å². The van der Waals surface area contributed by atoms with Crippen molar-refractivity contribution in [2.24, 2.45) is 0 Å². The number of hydrogen-bond donors (Lipinski definition) is 1. The number of aryl methyl sites for hydroxylation is 3. The van der Waals surface area contributed by atoms with Gasteiger partial charge in [0.2, 0.25) is 0 Å². The SMILES string of the molecule is Cc1nc2cc(C)c(C)cc2c(=O)[nH]1. The average molecular weight is 188 g/mol. The zero-order chi connectivity index (χ0) is 10.3. The van der Waals surface area contributed by atoms with Gasteiger partial charge in [0.25, 0.3) is 5.56 Å². The molecular formula is C11H12N2O. The van der Waals surface area contributed by atoms with Gasteiger partial charge in [-0.3, -0.25) is 4.79 Å². The van der Waals surface area contributed by atoms with E-state index in [0.29, 0.717) is 11.2 Å². The number of aromatic amines is 1. The Hall–Kier alpha value is -1.64. The molecule has 3 heteroatoms. The fourth-order valence-electron chi connectivity index (χ4n) is 1.52. The van der Waals surface area contributed by atoms with Crippen LogP contribution in [0.2, 0.25) is 0 Å². The van der Waals surface area contributed by atoms with Crippen LogP contribution in [0.25, 0.3) is 10.9 Å². The monoisotopic (exact) mass is 188 g/mol. The number of nitrogens with zero attached hydrogens (tertiary/aromatic N) is 1. The Morgan fingerprint density at radius 3 is 2.50 bits per heavy atom. The molecule has 0 amide bonds. The lowest BCUT2D eigenvalue weighted by Gasteiger charge is -2.02. The molecule has 0 fully saturated rings. The molecule has 72 valence electrons. The topological polar surface area (TPSA) is 45.8 Å². The minimum absolute atomic E-state index is 0.0596. The molecule has 0 aliphatic heterocycles. The van der Waals surface area contributed by atoms with Gasteiger partial charge in [0.05, 0.1) is 10.9 Å². The van der Waals surface area contributed by atoms with Gasteiger partial charge in [-0.2, -0.15) is 0 Å². The van der Waals surface area contributed by atoms with Crippen molar-refractivity contribution < 1.29 is 0 Å². The van der Waals surface area contributed by atoms with Gasteiger partial charge in [0.15, 0.2) is 0 Å². The molecule has 1 aromatic carbocycles. The molecule has 0 unspecified atom stereocenters. The summed E-state index contributed by atoms with van der Waals surface area (Å²) in [4.78, 5) is 18.5. The lowest BCUT2D eigenvalue weighted by molar-refractivity contribution is 1.06. The molecule has 2 rings (SSSR count). The number of aromatic nitrogens is 2. The Kier molecular flexibility index (Phi) is 1.88. The molecule has 0 bridgehead atoms. The molecule has 0 aliphatic rings. The number of benzene rings is 1. The Morgan fingerprint density at radius 1 is 1.14 bits per heavy atom. The van der Waals surface area contributed by atoms with Crippen molar-refractivity contribution in [3.8, 4) is 0 Å². The summed E-state index contributed by atoms with van der Waals surface area (Å²) in [5.74, 6) is 0.658. The first kappa shape index (κ1) is 8.94. The van der Waals surface area contributed by atoms with Crippen LogP contribution in [-0.2, 0) is 0 Å². The van der Waals surface area contributed by atoms with Crippen LogP contribution in [0.1, 0.15) is 17.0 Å². The molecule has 14 heavy (non-hydrogen) atoms. The van der Waals surface area contributed by atoms with Gasteiger partial charge in [0, 0.05) is 0 Å². The van der Waals surface area contributed by atoms with Crippen LogP contribution in [0.5, 0.6) is 0 Å². The van der Waals surface area contributed by atoms with E-state index in [0.717, 1.165) is 16.6 Å². The maximum Gasteiger partial charge on any atom is 0.258 e. The van der Waals surface area contributed by atoms with Crippen LogP contribution >= 0.6 is 0 Å². The van der Waals surface area contributed by atoms with Crippen molar-refractivity contribution in [3.05, 3.63) is 39.4 Å². The Bertz CT molecular complexity index is 555. The number of H-pyrrole nitrogens is 1. The first-order valence-corrected chi connectivity index (χ1v) is 4.56. The van der Waals surface area contributed by atoms with Gasteiger partial charge < -0.3 is 4.98 Å². The summed E-state index contributed by atoms with van der Waals surface area (Å²) in [7, 11) is 0. The lowest BCUT2D eigenvalue weighted by atomic mass is 10.1. The second kappa shape index (κ2) is 2.94. The number of rotatable bonds is 0. The highest BCUT2D eigenvalue weighted by molar-refractivity contribution is 5.79. The second-order valence-corrected chi connectivity index (χ2v) is 3.60. The molecule has 0 spiro atoms. The molecule has 1 heterocycles. The molecule has 0 saturated heterocycles. The molecule has 3 nitrogen and oxygen atoms in total. The van der Waals surface area contributed by atoms with Gasteiger partial charge in [-0.25, -0.2) is 4.98 Å². The molecule has 0 radical (unpaired) electrons. The van der Waals surface area contributed by atoms with E-state index in [1.165, 1.54) is 0 Å². The summed E-state index contributed by atoms with van der Waals surface area (Å²) < 4.78 is 0. The van der Waals surface area contributed by atoms with Crippen molar-refractivity contribution in [2.45, 2.75) is 20.8 Å². The van der Waals surface area contributed by atoms with Crippen molar-refractivity contribution in [1.82, 2.24) is 9.97 Å². The summed E-state index contributed by atoms with van der Waals surface area (Å²) in [5.41, 5.74) is 2.99. The van der Waals surface area contributed by atoms with Gasteiger partial charge in [-0.1, -0.05) is 0 Å². The third-order valence-corrected chi connectivity index (χ3v) is 2.44. The minimum atomic E-state index is -0.0596. The minimum Gasteiger partial charge on any atom is -0.310 e. The Morgan fingerprint density at radius 2 is 1.79 bits per heavy atom. The summed E-state index contributed by atoms with van der Waals surface area (Å²) in [6, 6.07) is 3.84. The van der Waals surface area contributed by atoms with E-state index in [-0.39, 0.29) is 5.56 Å². The van der Waals surface area contributed by atoms with E-state index in [1.54, 1.807) is 6.92 Å². The van der Waals surface area contributed by atoms with E-state index in [4.69, 9.17) is 0 Å². The Labute approximate surface area is 81.8 Å². The molecule has 0 atom stereocenters. The molecule has 2 aromatic rings. The van der Waals surface area contributed by atoms with Crippen LogP contribution in [0.15, 0.2) is 16.9 Å². The summed E-state index contributed by atoms with van der Waals surface area (Å²) in [6.07, 6.45) is 0. The lowest BCUT2D eigenvalue weighted by Crippen LogP contribution is -2.10. The van der Waals surface area contributed by atoms with Crippen LogP contribution < -0.4 is 5.56 Å². The first-order valence-electron chi connectivity index (χ1n) is 4.56. The van der Waals surface area contributed by atoms with Gasteiger partial charge in [-0.05, 0) is 44.0 Å². The third kappa shape index (κ3) is 1.31. The van der Waals surface area contributed by atoms with Gasteiger partial charge in [0.1, 0.15) is 5.82 Å². The highest BCUT2D eigenvalue weighted by atomic mass is 16.1. The van der Waals surface area contributed by atoms with Gasteiger partial charge >= 0.3 is 0 Å². The fraction of sp³-hybridized carbons (Fsp3) is 0.273. The third-order valence-electron chi connectivity index (χ3n) is 2.44. The van der Waals surface area contributed by atoms with E-state index in [9.17, 15) is 4.79 Å². The van der Waals surface area contributed by atoms with E-state index < -0.39 is 0 Å². The van der Waals surface area contributed by atoms with Crippen molar-refractivity contribution in [3.63, 3.8) is 0 Å². The normalized spacial score (nSPS) is 10.8. The smallest absolute Gasteiger partial charge is 0.258 e. The van der Waals surface area contributed by atoms with E-state index >= 15 is 0 Å². The number of nitrogens with one attached hydrogen (secondary N) is 1. The Balaban J connectivity index is 2.96. The standard InChI is InChI=1S/C11H12N2O/c1-6-4-9-10(5-7(6)2)12-8(3)13-11(9)14/h4-5H,1-3H3,(H,12,13,14). The maximum atomic E-state index is 11.6. The zero-order valence-electron chi connectivity index (χ0n) is 8.51. The average Bonchev–Trinajstić information content (AvgIpc) is 2.08. The van der Waals surface area contributed by atoms with E-state index in [1.807, 2.05) is 26.0 Å². The van der Waals surface area contributed by atoms with Crippen LogP contribution in [0.4, 0.5) is 0 Å². The summed E-state index contributed by atoms with van der Waals surface area (Å²) in [6.45, 7) is 5.80. The van der Waals surface area contributed by atoms with Crippen molar-refractivity contribution in [1.29, 1.82) is 0 Å². The molecule has 0 aliphatic carbocycles. The summed E-state index contributed by atoms with van der Waals surface area (Å²) >= 11 is 0. The predicted octanol–water partition coefficient (Wildman–Crippen LogP) is 1.85. The highest BCUT2D eigenvalue weighted by Gasteiger charge is 2.03. The van der Waals surface area contributed by atoms with Gasteiger partial charge in [-0.15, -0.1) is 0 Å². The maximum absolute atomic E-state index is 11.6. The molecule has 1 aromatic heterocycles. The quantitative estimate of drug-likeness (QED) is 0.685. The summed E-state index contributed by atoms with van der Waals surface area (Å²) in [5, 5.41) is 0.665. The van der Waals surface area contributed by atoms with E-state index in [2.05, 4.69) is 9.97 Å². The fourth-order valence-corrected chi connectivity index (χ4v) is 1.52. The predicted molar refractivity (Wildman–Crippen MR) is 56.6 cm³/mol.